The number of aromatic nitrogens is 2. The number of carbonyl (C=O) groups is 1. The van der Waals surface area contributed by atoms with Crippen LogP contribution in [0.2, 0.25) is 5.02 Å². The van der Waals surface area contributed by atoms with E-state index < -0.39 is 0 Å². The second-order valence-electron chi connectivity index (χ2n) is 6.97. The molecule has 0 atom stereocenters. The SMILES string of the molecule is Cc1ccccc1-n1c(SCC(=O)N/N=C\c2ccc(Cl)cc2)nc2ccccc2c1=O. The molecule has 1 N–H and O–H groups in total. The highest BCUT2D eigenvalue weighted by molar-refractivity contribution is 7.99. The molecule has 0 fully saturated rings. The summed E-state index contributed by atoms with van der Waals surface area (Å²) in [6, 6.07) is 21.9. The van der Waals surface area contributed by atoms with Gasteiger partial charge in [-0.25, -0.2) is 10.4 Å². The maximum Gasteiger partial charge on any atom is 0.266 e. The van der Waals surface area contributed by atoms with E-state index in [0.29, 0.717) is 21.1 Å². The summed E-state index contributed by atoms with van der Waals surface area (Å²) in [6.45, 7) is 1.93. The number of benzene rings is 3. The van der Waals surface area contributed by atoms with Gasteiger partial charge >= 0.3 is 0 Å². The standard InChI is InChI=1S/C24H19ClN4O2S/c1-16-6-2-5-9-21(16)29-23(31)19-7-3-4-8-20(19)27-24(29)32-15-22(30)28-26-14-17-10-12-18(25)13-11-17/h2-14H,15H2,1H3,(H,28,30)/b26-14-. The van der Waals surface area contributed by atoms with E-state index in [9.17, 15) is 9.59 Å². The number of hydrogen-bond acceptors (Lipinski definition) is 5. The molecule has 4 aromatic rings. The highest BCUT2D eigenvalue weighted by Crippen LogP contribution is 2.23. The number of aryl methyl sites for hydroxylation is 1. The van der Waals surface area contributed by atoms with Gasteiger partial charge in [0, 0.05) is 5.02 Å². The van der Waals surface area contributed by atoms with Crippen LogP contribution in [-0.2, 0) is 4.79 Å². The van der Waals surface area contributed by atoms with Crippen LogP contribution in [0.4, 0.5) is 0 Å². The van der Waals surface area contributed by atoms with E-state index in [0.717, 1.165) is 16.8 Å². The van der Waals surface area contributed by atoms with Crippen LogP contribution in [0.25, 0.3) is 16.6 Å². The maximum atomic E-state index is 13.3. The lowest BCUT2D eigenvalue weighted by Crippen LogP contribution is -2.24. The number of fused-ring (bicyclic) bond motifs is 1. The van der Waals surface area contributed by atoms with Gasteiger partial charge in [-0.15, -0.1) is 0 Å². The summed E-state index contributed by atoms with van der Waals surface area (Å²) in [5, 5.41) is 5.57. The monoisotopic (exact) mass is 462 g/mol. The van der Waals surface area contributed by atoms with Crippen LogP contribution in [0.3, 0.4) is 0 Å². The van der Waals surface area contributed by atoms with E-state index in [-0.39, 0.29) is 17.2 Å². The summed E-state index contributed by atoms with van der Waals surface area (Å²) in [5.41, 5.74) is 5.40. The van der Waals surface area contributed by atoms with Crippen molar-refractivity contribution in [3.8, 4) is 5.69 Å². The Morgan fingerprint density at radius 2 is 1.81 bits per heavy atom. The molecule has 0 aliphatic rings. The van der Waals surface area contributed by atoms with Crippen molar-refractivity contribution in [3.05, 3.63) is 99.3 Å². The Morgan fingerprint density at radius 3 is 2.59 bits per heavy atom. The van der Waals surface area contributed by atoms with Crippen LogP contribution in [0.5, 0.6) is 0 Å². The predicted molar refractivity (Wildman–Crippen MR) is 130 cm³/mol. The van der Waals surface area contributed by atoms with Crippen LogP contribution in [-0.4, -0.2) is 27.4 Å². The molecule has 0 spiro atoms. The number of amides is 1. The molecule has 0 bridgehead atoms. The second kappa shape index (κ2) is 9.80. The molecule has 1 amide bonds. The van der Waals surface area contributed by atoms with E-state index in [1.165, 1.54) is 18.0 Å². The van der Waals surface area contributed by atoms with E-state index in [4.69, 9.17) is 11.6 Å². The number of halogens is 1. The Labute approximate surface area is 194 Å². The van der Waals surface area contributed by atoms with E-state index >= 15 is 0 Å². The van der Waals surface area contributed by atoms with E-state index in [2.05, 4.69) is 15.5 Å². The fourth-order valence-corrected chi connectivity index (χ4v) is 4.05. The third-order valence-corrected chi connectivity index (χ3v) is 5.90. The Bertz CT molecular complexity index is 1370. The Kier molecular flexibility index (Phi) is 6.68. The number of hydrazone groups is 1. The smallest absolute Gasteiger partial charge is 0.266 e. The summed E-state index contributed by atoms with van der Waals surface area (Å²) in [5.74, 6) is -0.256. The lowest BCUT2D eigenvalue weighted by atomic mass is 10.2. The van der Waals surface area contributed by atoms with Crippen LogP contribution in [0.1, 0.15) is 11.1 Å². The first kappa shape index (κ1) is 21.8. The van der Waals surface area contributed by atoms with Crippen LogP contribution >= 0.6 is 23.4 Å². The van der Waals surface area contributed by atoms with Crippen molar-refractivity contribution in [2.45, 2.75) is 12.1 Å². The van der Waals surface area contributed by atoms with Crippen molar-refractivity contribution in [2.75, 3.05) is 5.75 Å². The second-order valence-corrected chi connectivity index (χ2v) is 8.35. The zero-order valence-corrected chi connectivity index (χ0v) is 18.7. The zero-order chi connectivity index (χ0) is 22.5. The third-order valence-electron chi connectivity index (χ3n) is 4.71. The zero-order valence-electron chi connectivity index (χ0n) is 17.2. The van der Waals surface area contributed by atoms with Crippen molar-refractivity contribution < 1.29 is 4.79 Å². The fraction of sp³-hybridized carbons (Fsp3) is 0.0833. The average Bonchev–Trinajstić information content (AvgIpc) is 2.80. The molecule has 4 rings (SSSR count). The van der Waals surface area contributed by atoms with Crippen LogP contribution < -0.4 is 11.0 Å². The maximum absolute atomic E-state index is 13.3. The minimum atomic E-state index is -0.307. The Hall–Kier alpha value is -3.42. The Balaban J connectivity index is 1.57. The van der Waals surface area contributed by atoms with Gasteiger partial charge in [0.2, 0.25) is 0 Å². The number of para-hydroxylation sites is 2. The van der Waals surface area contributed by atoms with Crippen molar-refractivity contribution >= 4 is 46.4 Å². The summed E-state index contributed by atoms with van der Waals surface area (Å²) in [4.78, 5) is 30.3. The molecule has 0 aliphatic carbocycles. The number of thioether (sulfide) groups is 1. The average molecular weight is 463 g/mol. The van der Waals surface area contributed by atoms with Gasteiger partial charge in [0.15, 0.2) is 5.16 Å². The van der Waals surface area contributed by atoms with Crippen LogP contribution in [0.15, 0.2) is 87.8 Å². The Morgan fingerprint density at radius 1 is 1.09 bits per heavy atom. The third kappa shape index (κ3) is 4.90. The molecule has 0 aliphatic heterocycles. The highest BCUT2D eigenvalue weighted by Gasteiger charge is 2.15. The fourth-order valence-electron chi connectivity index (χ4n) is 3.13. The summed E-state index contributed by atoms with van der Waals surface area (Å²) < 4.78 is 1.56. The predicted octanol–water partition coefficient (Wildman–Crippen LogP) is 4.59. The van der Waals surface area contributed by atoms with Crippen molar-refractivity contribution in [3.63, 3.8) is 0 Å². The number of carbonyl (C=O) groups excluding carboxylic acids is 1. The van der Waals surface area contributed by atoms with Gasteiger partial charge in [0.25, 0.3) is 11.5 Å². The first-order valence-electron chi connectivity index (χ1n) is 9.81. The van der Waals surface area contributed by atoms with Crippen LogP contribution in [0, 0.1) is 6.92 Å². The highest BCUT2D eigenvalue weighted by atomic mass is 35.5. The number of rotatable bonds is 6. The van der Waals surface area contributed by atoms with Gasteiger partial charge in [0.05, 0.1) is 28.6 Å². The molecule has 0 saturated heterocycles. The quantitative estimate of drug-likeness (QED) is 0.197. The number of nitrogens with zero attached hydrogens (tertiary/aromatic N) is 3. The minimum absolute atomic E-state index is 0.0502. The van der Waals surface area contributed by atoms with Crippen molar-refractivity contribution in [2.24, 2.45) is 5.10 Å². The van der Waals surface area contributed by atoms with E-state index in [1.54, 1.807) is 41.0 Å². The van der Waals surface area contributed by atoms with E-state index in [1.807, 2.05) is 43.3 Å². The van der Waals surface area contributed by atoms with Gasteiger partial charge in [0.1, 0.15) is 0 Å². The first-order valence-corrected chi connectivity index (χ1v) is 11.2. The van der Waals surface area contributed by atoms with Gasteiger partial charge in [-0.1, -0.05) is 65.8 Å². The largest absolute Gasteiger partial charge is 0.272 e. The molecule has 1 heterocycles. The molecule has 8 heteroatoms. The van der Waals surface area contributed by atoms with Gasteiger partial charge < -0.3 is 0 Å². The molecule has 0 unspecified atom stereocenters. The van der Waals surface area contributed by atoms with Gasteiger partial charge in [-0.2, -0.15) is 5.10 Å². The summed E-state index contributed by atoms with van der Waals surface area (Å²) >= 11 is 7.05. The lowest BCUT2D eigenvalue weighted by molar-refractivity contribution is -0.118. The molecular formula is C24H19ClN4O2S. The minimum Gasteiger partial charge on any atom is -0.272 e. The molecule has 32 heavy (non-hydrogen) atoms. The molecular weight excluding hydrogens is 444 g/mol. The molecule has 6 nitrogen and oxygen atoms in total. The number of hydrogen-bond donors (Lipinski definition) is 1. The topological polar surface area (TPSA) is 76.3 Å². The van der Waals surface area contributed by atoms with Crippen molar-refractivity contribution in [1.29, 1.82) is 0 Å². The van der Waals surface area contributed by atoms with Crippen molar-refractivity contribution in [1.82, 2.24) is 15.0 Å². The molecule has 0 radical (unpaired) electrons. The molecule has 160 valence electrons. The number of nitrogens with one attached hydrogen (secondary N) is 1. The van der Waals surface area contributed by atoms with Gasteiger partial charge in [-0.3, -0.25) is 14.2 Å². The molecule has 3 aromatic carbocycles. The summed E-state index contributed by atoms with van der Waals surface area (Å²) in [7, 11) is 0. The molecule has 1 aromatic heterocycles. The normalized spacial score (nSPS) is 11.2. The first-order chi connectivity index (χ1) is 15.5. The van der Waals surface area contributed by atoms with Gasteiger partial charge in [-0.05, 0) is 48.4 Å². The molecule has 0 saturated carbocycles. The lowest BCUT2D eigenvalue weighted by Gasteiger charge is -2.14. The summed E-state index contributed by atoms with van der Waals surface area (Å²) in [6.07, 6.45) is 1.54.